The Morgan fingerprint density at radius 3 is 2.54 bits per heavy atom. The monoisotopic (exact) mass is 359 g/mol. The molecule has 0 spiro atoms. The Bertz CT molecular complexity index is 735. The van der Waals surface area contributed by atoms with Crippen LogP contribution in [0.4, 0.5) is 4.79 Å². The van der Waals surface area contributed by atoms with Gasteiger partial charge >= 0.3 is 12.1 Å². The zero-order chi connectivity index (χ0) is 19.2. The molecule has 0 unspecified atom stereocenters. The van der Waals surface area contributed by atoms with Gasteiger partial charge in [0.15, 0.2) is 0 Å². The van der Waals surface area contributed by atoms with Crippen molar-refractivity contribution in [2.75, 3.05) is 7.11 Å². The summed E-state index contributed by atoms with van der Waals surface area (Å²) in [7, 11) is 1.28. The molecule has 0 aliphatic heterocycles. The summed E-state index contributed by atoms with van der Waals surface area (Å²) in [6.07, 6.45) is 3.09. The lowest BCUT2D eigenvalue weighted by atomic mass is 10.1. The Hall–Kier alpha value is -2.83. The van der Waals surface area contributed by atoms with Gasteiger partial charge in [-0.05, 0) is 26.3 Å². The van der Waals surface area contributed by atoms with Crippen LogP contribution in [0.3, 0.4) is 0 Å². The molecule has 0 fully saturated rings. The van der Waals surface area contributed by atoms with Crippen LogP contribution in [0.2, 0.25) is 0 Å². The molecule has 1 atom stereocenters. The molecule has 26 heavy (non-hydrogen) atoms. The summed E-state index contributed by atoms with van der Waals surface area (Å²) < 4.78 is 11.9. The summed E-state index contributed by atoms with van der Waals surface area (Å²) in [4.78, 5) is 28.3. The van der Waals surface area contributed by atoms with E-state index in [9.17, 15) is 9.59 Å². The highest BCUT2D eigenvalue weighted by molar-refractivity contribution is 5.81. The molecule has 7 nitrogen and oxygen atoms in total. The molecule has 1 amide bonds. The molecule has 1 aromatic carbocycles. The number of aromatic nitrogens is 2. The third kappa shape index (κ3) is 6.23. The number of methoxy groups -OCH3 is 1. The van der Waals surface area contributed by atoms with Crippen LogP contribution in [0.15, 0.2) is 42.9 Å². The molecule has 7 heteroatoms. The predicted molar refractivity (Wildman–Crippen MR) is 96.6 cm³/mol. The van der Waals surface area contributed by atoms with Gasteiger partial charge in [-0.3, -0.25) is 0 Å². The summed E-state index contributed by atoms with van der Waals surface area (Å²) in [5.74, 6) is -0.548. The lowest BCUT2D eigenvalue weighted by Crippen LogP contribution is -2.45. The van der Waals surface area contributed by atoms with Gasteiger partial charge in [-0.1, -0.05) is 30.3 Å². The molecule has 140 valence electrons. The fourth-order valence-corrected chi connectivity index (χ4v) is 2.39. The van der Waals surface area contributed by atoms with E-state index >= 15 is 0 Å². The fraction of sp³-hybridized carbons (Fsp3) is 0.421. The molecule has 0 aliphatic carbocycles. The number of amides is 1. The first kappa shape index (κ1) is 19.5. The maximum Gasteiger partial charge on any atom is 0.408 e. The van der Waals surface area contributed by atoms with E-state index in [-0.39, 0.29) is 6.42 Å². The first-order valence-electron chi connectivity index (χ1n) is 8.39. The van der Waals surface area contributed by atoms with Gasteiger partial charge in [-0.2, -0.15) is 0 Å². The standard InChI is InChI=1S/C19H25N3O4/c1-19(2,3)26-18(24)21-16(17(23)25-4)10-15-12-22(13-20-15)11-14-8-6-5-7-9-14/h5-9,12-13,16H,10-11H2,1-4H3,(H,21,24)/t16-/m0/s1. The number of ether oxygens (including phenoxy) is 2. The lowest BCUT2D eigenvalue weighted by molar-refractivity contribution is -0.143. The minimum atomic E-state index is -0.866. The summed E-state index contributed by atoms with van der Waals surface area (Å²) in [6, 6.07) is 9.11. The van der Waals surface area contributed by atoms with Crippen molar-refractivity contribution in [3.05, 3.63) is 54.1 Å². The number of carbonyl (C=O) groups is 2. The molecular formula is C19H25N3O4. The van der Waals surface area contributed by atoms with Crippen LogP contribution in [0, 0.1) is 0 Å². The van der Waals surface area contributed by atoms with Gasteiger partial charge in [0.05, 0.1) is 19.1 Å². The number of nitrogens with one attached hydrogen (secondary N) is 1. The molecule has 0 saturated heterocycles. The van der Waals surface area contributed by atoms with E-state index < -0.39 is 23.7 Å². The minimum Gasteiger partial charge on any atom is -0.467 e. The van der Waals surface area contributed by atoms with Crippen molar-refractivity contribution < 1.29 is 19.1 Å². The smallest absolute Gasteiger partial charge is 0.408 e. The fourth-order valence-electron chi connectivity index (χ4n) is 2.39. The highest BCUT2D eigenvalue weighted by Crippen LogP contribution is 2.09. The largest absolute Gasteiger partial charge is 0.467 e. The highest BCUT2D eigenvalue weighted by Gasteiger charge is 2.26. The third-order valence-corrected chi connectivity index (χ3v) is 3.48. The van der Waals surface area contributed by atoms with E-state index in [1.165, 1.54) is 7.11 Å². The number of nitrogens with zero attached hydrogens (tertiary/aromatic N) is 2. The van der Waals surface area contributed by atoms with E-state index in [1.807, 2.05) is 41.1 Å². The van der Waals surface area contributed by atoms with Crippen LogP contribution in [-0.4, -0.2) is 40.4 Å². The van der Waals surface area contributed by atoms with Crippen molar-refractivity contribution in [2.24, 2.45) is 0 Å². The Balaban J connectivity index is 2.02. The van der Waals surface area contributed by atoms with Gasteiger partial charge in [-0.15, -0.1) is 0 Å². The summed E-state index contributed by atoms with van der Waals surface area (Å²) in [5, 5.41) is 2.55. The van der Waals surface area contributed by atoms with Gasteiger partial charge in [0.25, 0.3) is 0 Å². The maximum atomic E-state index is 12.0. The molecule has 0 aliphatic rings. The predicted octanol–water partition coefficient (Wildman–Crippen LogP) is 2.54. The maximum absolute atomic E-state index is 12.0. The molecule has 0 radical (unpaired) electrons. The van der Waals surface area contributed by atoms with E-state index in [4.69, 9.17) is 9.47 Å². The number of esters is 1. The molecule has 1 heterocycles. The quantitative estimate of drug-likeness (QED) is 0.802. The second kappa shape index (κ2) is 8.51. The molecule has 1 N–H and O–H groups in total. The number of alkyl carbamates (subject to hydrolysis) is 1. The van der Waals surface area contributed by atoms with Crippen molar-refractivity contribution in [3.8, 4) is 0 Å². The van der Waals surface area contributed by atoms with Gasteiger partial charge in [-0.25, -0.2) is 14.6 Å². The SMILES string of the molecule is COC(=O)[C@H](Cc1cn(Cc2ccccc2)cn1)NC(=O)OC(C)(C)C. The Morgan fingerprint density at radius 1 is 1.23 bits per heavy atom. The zero-order valence-electron chi connectivity index (χ0n) is 15.6. The van der Waals surface area contributed by atoms with Crippen molar-refractivity contribution in [1.82, 2.24) is 14.9 Å². The van der Waals surface area contributed by atoms with Crippen LogP contribution in [0.25, 0.3) is 0 Å². The number of hydrogen-bond acceptors (Lipinski definition) is 5. The lowest BCUT2D eigenvalue weighted by Gasteiger charge is -2.22. The Labute approximate surface area is 153 Å². The summed E-state index contributed by atoms with van der Waals surface area (Å²) in [5.41, 5.74) is 1.17. The number of imidazole rings is 1. The normalized spacial score (nSPS) is 12.3. The average Bonchev–Trinajstić information content (AvgIpc) is 2.99. The average molecular weight is 359 g/mol. The van der Waals surface area contributed by atoms with Gasteiger partial charge in [0.2, 0.25) is 0 Å². The molecule has 0 bridgehead atoms. The number of benzene rings is 1. The van der Waals surface area contributed by atoms with Crippen molar-refractivity contribution in [1.29, 1.82) is 0 Å². The topological polar surface area (TPSA) is 82.5 Å². The molecule has 1 aromatic heterocycles. The van der Waals surface area contributed by atoms with Crippen molar-refractivity contribution in [3.63, 3.8) is 0 Å². The summed E-state index contributed by atoms with van der Waals surface area (Å²) in [6.45, 7) is 5.94. The molecule has 0 saturated carbocycles. The zero-order valence-corrected chi connectivity index (χ0v) is 15.6. The first-order valence-corrected chi connectivity index (χ1v) is 8.39. The van der Waals surface area contributed by atoms with E-state index in [0.717, 1.165) is 5.56 Å². The van der Waals surface area contributed by atoms with Gasteiger partial charge in [0.1, 0.15) is 11.6 Å². The van der Waals surface area contributed by atoms with Crippen LogP contribution >= 0.6 is 0 Å². The van der Waals surface area contributed by atoms with E-state index in [1.54, 1.807) is 27.1 Å². The number of hydrogen-bond donors (Lipinski definition) is 1. The van der Waals surface area contributed by atoms with Gasteiger partial charge in [0, 0.05) is 19.2 Å². The number of rotatable bonds is 6. The van der Waals surface area contributed by atoms with E-state index in [0.29, 0.717) is 12.2 Å². The Morgan fingerprint density at radius 2 is 1.92 bits per heavy atom. The van der Waals surface area contributed by atoms with Crippen LogP contribution in [0.5, 0.6) is 0 Å². The summed E-state index contributed by atoms with van der Waals surface area (Å²) >= 11 is 0. The van der Waals surface area contributed by atoms with Crippen LogP contribution in [-0.2, 0) is 27.2 Å². The van der Waals surface area contributed by atoms with Crippen LogP contribution in [0.1, 0.15) is 32.0 Å². The van der Waals surface area contributed by atoms with Crippen LogP contribution < -0.4 is 5.32 Å². The second-order valence-corrected chi connectivity index (χ2v) is 6.95. The first-order chi connectivity index (χ1) is 12.3. The number of carbonyl (C=O) groups excluding carboxylic acids is 2. The minimum absolute atomic E-state index is 0.216. The molecular weight excluding hydrogens is 334 g/mol. The second-order valence-electron chi connectivity index (χ2n) is 6.95. The molecule has 2 rings (SSSR count). The molecule has 2 aromatic rings. The van der Waals surface area contributed by atoms with E-state index in [2.05, 4.69) is 10.3 Å². The van der Waals surface area contributed by atoms with Gasteiger partial charge < -0.3 is 19.4 Å². The third-order valence-electron chi connectivity index (χ3n) is 3.48. The van der Waals surface area contributed by atoms with Crippen molar-refractivity contribution in [2.45, 2.75) is 45.4 Å². The van der Waals surface area contributed by atoms with Crippen molar-refractivity contribution >= 4 is 12.1 Å². The highest BCUT2D eigenvalue weighted by atomic mass is 16.6. The Kier molecular flexibility index (Phi) is 6.38.